The number of rotatable bonds is 36. The van der Waals surface area contributed by atoms with E-state index >= 15 is 0 Å². The van der Waals surface area contributed by atoms with Crippen molar-refractivity contribution in [3.05, 3.63) is 0 Å². The first-order valence-corrected chi connectivity index (χ1v) is 25.5. The Kier molecular flexibility index (Phi) is 60.1. The minimum absolute atomic E-state index is 0. The van der Waals surface area contributed by atoms with E-state index in [9.17, 15) is 0 Å². The van der Waals surface area contributed by atoms with Crippen molar-refractivity contribution in [3.8, 4) is 0 Å². The van der Waals surface area contributed by atoms with Crippen LogP contribution < -0.4 is 0 Å². The maximum Gasteiger partial charge on any atom is 3.00 e. The third kappa shape index (κ3) is 50.9. The normalized spacial score (nSPS) is 10.4. The molecule has 10 heteroatoms. The van der Waals surface area contributed by atoms with Gasteiger partial charge in [0.15, 0.2) is 0 Å². The van der Waals surface area contributed by atoms with Crippen LogP contribution in [-0.4, -0.2) is 66.9 Å². The fourth-order valence-corrected chi connectivity index (χ4v) is 7.42. The fraction of sp³-hybridized carbons (Fsp3) is 0.933. The summed E-state index contributed by atoms with van der Waals surface area (Å²) in [6.45, 7) is 19.9. The van der Waals surface area contributed by atoms with Gasteiger partial charge in [0, 0.05) is 39.3 Å². The van der Waals surface area contributed by atoms with Gasteiger partial charge in [0.2, 0.25) is 0 Å². The van der Waals surface area contributed by atoms with Gasteiger partial charge >= 0.3 is 17.1 Å². The average molecular weight is 921 g/mol. The Balaban J connectivity index is -0.000000351. The molecule has 0 aromatic heterocycles. The predicted molar refractivity (Wildman–Crippen MR) is 267 cm³/mol. The standard InChI is InChI=1S/3C15H31NS2.Fe/c3*1-3-5-7-9-11-13-16(15(17)18)14-12-10-8-6-4-2;/h3*3-14H2,1-2H3,(H,17,18);/q;;;+3/p-3. The van der Waals surface area contributed by atoms with Crippen molar-refractivity contribution >= 4 is 87.5 Å². The first kappa shape index (κ1) is 62.5. The predicted octanol–water partition coefficient (Wildman–Crippen LogP) is 15.2. The molecular weight excluding hydrogens is 831 g/mol. The molecule has 0 bridgehead atoms. The van der Waals surface area contributed by atoms with E-state index in [0.29, 0.717) is 13.0 Å². The van der Waals surface area contributed by atoms with E-state index in [1.807, 2.05) is 0 Å². The van der Waals surface area contributed by atoms with Crippen LogP contribution >= 0.6 is 36.7 Å². The zero-order valence-electron chi connectivity index (χ0n) is 37.1. The largest absolute Gasteiger partial charge is 3.00 e. The summed E-state index contributed by atoms with van der Waals surface area (Å²) in [4.78, 5) is 6.67. The van der Waals surface area contributed by atoms with E-state index in [1.165, 1.54) is 193 Å². The van der Waals surface area contributed by atoms with E-state index < -0.39 is 0 Å². The zero-order chi connectivity index (χ0) is 40.9. The number of nitrogens with zero attached hydrogens (tertiary/aromatic N) is 3. The molecule has 0 saturated carbocycles. The van der Waals surface area contributed by atoms with Crippen molar-refractivity contribution in [1.82, 2.24) is 14.7 Å². The SMILES string of the molecule is CCCCCCCN(CCCCCCC)C(=S)[S-].CCCCCCCN(CCCCCCC)C(=S)[S-].CCCCCCCN(CCCCCCC)C(=S)[S-].[Fe+3]. The van der Waals surface area contributed by atoms with Crippen molar-refractivity contribution in [1.29, 1.82) is 0 Å². The molecule has 0 atom stereocenters. The molecule has 3 nitrogen and oxygen atoms in total. The van der Waals surface area contributed by atoms with Crippen molar-refractivity contribution in [3.63, 3.8) is 0 Å². The Morgan fingerprint density at radius 3 is 0.509 bits per heavy atom. The Morgan fingerprint density at radius 1 is 0.273 bits per heavy atom. The molecule has 0 N–H and O–H groups in total. The van der Waals surface area contributed by atoms with Crippen LogP contribution in [0, 0.1) is 0 Å². The van der Waals surface area contributed by atoms with Gasteiger partial charge in [-0.05, 0) is 38.5 Å². The first-order chi connectivity index (χ1) is 26.2. The molecule has 0 aromatic rings. The van der Waals surface area contributed by atoms with Gasteiger partial charge in [-0.15, -0.1) is 0 Å². The molecule has 0 heterocycles. The Bertz CT molecular complexity index is 650. The number of hydrogen-bond acceptors (Lipinski definition) is 6. The van der Waals surface area contributed by atoms with E-state index in [2.05, 4.69) is 56.2 Å². The van der Waals surface area contributed by atoms with Gasteiger partial charge in [-0.1, -0.05) is 209 Å². The summed E-state index contributed by atoms with van der Waals surface area (Å²) >= 11 is 31.0. The third-order valence-electron chi connectivity index (χ3n) is 9.96. The Morgan fingerprint density at radius 2 is 0.400 bits per heavy atom. The fourth-order valence-electron chi connectivity index (χ4n) is 6.32. The minimum Gasteiger partial charge on any atom is -0.411 e. The molecule has 0 amide bonds. The molecule has 329 valence electrons. The summed E-state index contributed by atoms with van der Waals surface area (Å²) in [6, 6.07) is 0. The Labute approximate surface area is 389 Å². The second-order valence-electron chi connectivity index (χ2n) is 15.2. The maximum absolute atomic E-state index is 5.16. The topological polar surface area (TPSA) is 9.72 Å². The van der Waals surface area contributed by atoms with E-state index in [1.54, 1.807) is 0 Å². The molecular formula is C45H90FeN3S6. The molecule has 0 fully saturated rings. The molecule has 0 aromatic carbocycles. The molecule has 0 aliphatic rings. The van der Waals surface area contributed by atoms with Gasteiger partial charge in [0.1, 0.15) is 0 Å². The van der Waals surface area contributed by atoms with Crippen LogP contribution in [0.25, 0.3) is 0 Å². The van der Waals surface area contributed by atoms with Gasteiger partial charge < -0.3 is 89.2 Å². The molecule has 0 rings (SSSR count). The Hall–Kier alpha value is 0.849. The maximum atomic E-state index is 5.16. The second-order valence-corrected chi connectivity index (χ2v) is 18.3. The molecule has 55 heavy (non-hydrogen) atoms. The molecule has 0 aliphatic heterocycles. The van der Waals surface area contributed by atoms with Crippen LogP contribution in [0.5, 0.6) is 0 Å². The van der Waals surface area contributed by atoms with Gasteiger partial charge in [-0.2, -0.15) is 0 Å². The number of hydrogen-bond donors (Lipinski definition) is 0. The summed E-state index contributed by atoms with van der Waals surface area (Å²) in [5.41, 5.74) is 0. The van der Waals surface area contributed by atoms with E-state index in [4.69, 9.17) is 74.5 Å². The van der Waals surface area contributed by atoms with Gasteiger partial charge in [0.05, 0.1) is 0 Å². The van der Waals surface area contributed by atoms with Crippen LogP contribution in [-0.2, 0) is 55.0 Å². The van der Waals surface area contributed by atoms with Crippen molar-refractivity contribution in [2.45, 2.75) is 234 Å². The third-order valence-corrected chi connectivity index (χ3v) is 11.5. The quantitative estimate of drug-likeness (QED) is 0.0261. The monoisotopic (exact) mass is 920 g/mol. The summed E-state index contributed by atoms with van der Waals surface area (Å²) < 4.78 is 2.00. The number of thiocarbonyl (C=S) groups is 3. The summed E-state index contributed by atoms with van der Waals surface area (Å²) in [6.07, 6.45) is 39.4. The first-order valence-electron chi connectivity index (χ1n) is 23.0. The van der Waals surface area contributed by atoms with Gasteiger partial charge in [-0.3, -0.25) is 0 Å². The number of unbranched alkanes of at least 4 members (excludes halogenated alkanes) is 24. The van der Waals surface area contributed by atoms with Crippen LogP contribution in [0.4, 0.5) is 0 Å². The van der Waals surface area contributed by atoms with Crippen molar-refractivity contribution < 1.29 is 17.1 Å². The van der Waals surface area contributed by atoms with E-state index in [0.717, 1.165) is 39.3 Å². The second kappa shape index (κ2) is 52.9. The van der Waals surface area contributed by atoms with Crippen molar-refractivity contribution in [2.24, 2.45) is 0 Å². The zero-order valence-corrected chi connectivity index (χ0v) is 43.1. The van der Waals surface area contributed by atoms with Crippen molar-refractivity contribution in [2.75, 3.05) is 39.3 Å². The summed E-state index contributed by atoms with van der Waals surface area (Å²) in [5, 5.41) is 0. The van der Waals surface area contributed by atoms with Crippen LogP contribution in [0.2, 0.25) is 0 Å². The molecule has 1 radical (unpaired) electrons. The van der Waals surface area contributed by atoms with Gasteiger partial charge in [0.25, 0.3) is 0 Å². The minimum atomic E-state index is 0. The average Bonchev–Trinajstić information content (AvgIpc) is 3.15. The summed E-state index contributed by atoms with van der Waals surface area (Å²) in [7, 11) is 0. The van der Waals surface area contributed by atoms with Crippen LogP contribution in [0.1, 0.15) is 234 Å². The molecule has 0 unspecified atom stereocenters. The molecule has 0 spiro atoms. The smallest absolute Gasteiger partial charge is 0.411 e. The summed E-state index contributed by atoms with van der Waals surface area (Å²) in [5.74, 6) is 0. The van der Waals surface area contributed by atoms with E-state index in [-0.39, 0.29) is 17.1 Å². The van der Waals surface area contributed by atoms with Gasteiger partial charge in [-0.25, -0.2) is 0 Å². The van der Waals surface area contributed by atoms with Crippen LogP contribution in [0.3, 0.4) is 0 Å². The molecule has 0 saturated heterocycles. The molecule has 0 aliphatic carbocycles. The van der Waals surface area contributed by atoms with Crippen LogP contribution in [0.15, 0.2) is 0 Å².